The second-order valence-corrected chi connectivity index (χ2v) is 7.40. The summed E-state index contributed by atoms with van der Waals surface area (Å²) >= 11 is 0. The van der Waals surface area contributed by atoms with Crippen LogP contribution in [-0.2, 0) is 12.6 Å². The van der Waals surface area contributed by atoms with Crippen molar-refractivity contribution in [2.24, 2.45) is 0 Å². The number of benzene rings is 2. The van der Waals surface area contributed by atoms with Gasteiger partial charge >= 0.3 is 6.18 Å². The number of nitrogens with zero attached hydrogens (tertiary/aromatic N) is 4. The molecule has 0 N–H and O–H groups in total. The Kier molecular flexibility index (Phi) is 7.10. The Morgan fingerprint density at radius 3 is 2.33 bits per heavy atom. The SMILES string of the molecule is CCC(C)N(CCc1nc(-c2ccc([N+](=O)[O-])cc2)no1)C(=O)c1ccc(C(F)(F)F)cc1. The summed E-state index contributed by atoms with van der Waals surface area (Å²) in [7, 11) is 0. The molecule has 0 aliphatic rings. The van der Waals surface area contributed by atoms with Gasteiger partial charge in [0.25, 0.3) is 11.6 Å². The van der Waals surface area contributed by atoms with Crippen molar-refractivity contribution in [1.29, 1.82) is 0 Å². The molecule has 0 aliphatic carbocycles. The lowest BCUT2D eigenvalue weighted by molar-refractivity contribution is -0.384. The Morgan fingerprint density at radius 2 is 1.79 bits per heavy atom. The lowest BCUT2D eigenvalue weighted by Gasteiger charge is -2.28. The Balaban J connectivity index is 1.71. The van der Waals surface area contributed by atoms with Gasteiger partial charge in [-0.05, 0) is 49.7 Å². The number of amides is 1. The third kappa shape index (κ3) is 5.73. The van der Waals surface area contributed by atoms with Gasteiger partial charge in [-0.1, -0.05) is 12.1 Å². The number of halogens is 3. The molecule has 1 atom stereocenters. The number of hydrogen-bond donors (Lipinski definition) is 0. The number of non-ortho nitro benzene ring substituents is 1. The number of rotatable bonds is 8. The number of nitro groups is 1. The second-order valence-electron chi connectivity index (χ2n) is 7.40. The minimum atomic E-state index is -4.47. The van der Waals surface area contributed by atoms with Crippen molar-refractivity contribution in [2.45, 2.75) is 38.9 Å². The minimum absolute atomic E-state index is 0.0616. The molecule has 1 aromatic heterocycles. The van der Waals surface area contributed by atoms with E-state index >= 15 is 0 Å². The summed E-state index contributed by atoms with van der Waals surface area (Å²) < 4.78 is 43.6. The Morgan fingerprint density at radius 1 is 1.15 bits per heavy atom. The molecule has 174 valence electrons. The highest BCUT2D eigenvalue weighted by Gasteiger charge is 2.30. The van der Waals surface area contributed by atoms with Crippen LogP contribution in [-0.4, -0.2) is 38.5 Å². The van der Waals surface area contributed by atoms with Gasteiger partial charge in [0.05, 0.1) is 10.5 Å². The van der Waals surface area contributed by atoms with E-state index in [1.807, 2.05) is 13.8 Å². The highest BCUT2D eigenvalue weighted by molar-refractivity contribution is 5.94. The molecule has 0 fully saturated rings. The maximum absolute atomic E-state index is 13.0. The molecule has 0 aliphatic heterocycles. The van der Waals surface area contributed by atoms with E-state index in [1.165, 1.54) is 36.4 Å². The highest BCUT2D eigenvalue weighted by atomic mass is 19.4. The Bertz CT molecular complexity index is 1110. The molecule has 1 unspecified atom stereocenters. The van der Waals surface area contributed by atoms with E-state index in [9.17, 15) is 28.1 Å². The van der Waals surface area contributed by atoms with E-state index in [1.54, 1.807) is 4.90 Å². The summed E-state index contributed by atoms with van der Waals surface area (Å²) in [6.07, 6.45) is -3.60. The van der Waals surface area contributed by atoms with Crippen LogP contribution in [0.25, 0.3) is 11.4 Å². The highest BCUT2D eigenvalue weighted by Crippen LogP contribution is 2.29. The maximum atomic E-state index is 13.0. The third-order valence-corrected chi connectivity index (χ3v) is 5.21. The fraction of sp³-hybridized carbons (Fsp3) is 0.318. The van der Waals surface area contributed by atoms with Crippen LogP contribution in [0.4, 0.5) is 18.9 Å². The van der Waals surface area contributed by atoms with Crippen LogP contribution in [0.3, 0.4) is 0 Å². The van der Waals surface area contributed by atoms with Gasteiger partial charge in [0.15, 0.2) is 0 Å². The van der Waals surface area contributed by atoms with Crippen LogP contribution in [0.5, 0.6) is 0 Å². The van der Waals surface area contributed by atoms with E-state index in [2.05, 4.69) is 10.1 Å². The first-order valence-corrected chi connectivity index (χ1v) is 10.2. The number of aromatic nitrogens is 2. The van der Waals surface area contributed by atoms with E-state index in [0.717, 1.165) is 12.1 Å². The van der Waals surface area contributed by atoms with Gasteiger partial charge in [-0.3, -0.25) is 14.9 Å². The fourth-order valence-electron chi connectivity index (χ4n) is 3.13. The molecular weight excluding hydrogens is 441 g/mol. The van der Waals surface area contributed by atoms with Crippen LogP contribution in [0, 0.1) is 10.1 Å². The largest absolute Gasteiger partial charge is 0.416 e. The van der Waals surface area contributed by atoms with Gasteiger partial charge in [-0.15, -0.1) is 0 Å². The zero-order valence-corrected chi connectivity index (χ0v) is 17.9. The van der Waals surface area contributed by atoms with E-state index in [4.69, 9.17) is 4.52 Å². The standard InChI is InChI=1S/C22H21F3N4O4/c1-3-14(2)28(21(30)16-4-8-17(9-5-16)22(23,24)25)13-12-19-26-20(27-33-19)15-6-10-18(11-7-15)29(31)32/h4-11,14H,3,12-13H2,1-2H3. The van der Waals surface area contributed by atoms with Crippen LogP contribution in [0.2, 0.25) is 0 Å². The molecule has 0 bridgehead atoms. The quantitative estimate of drug-likeness (QED) is 0.339. The lowest BCUT2D eigenvalue weighted by atomic mass is 10.1. The molecule has 0 radical (unpaired) electrons. The topological polar surface area (TPSA) is 102 Å². The molecule has 1 amide bonds. The van der Waals surface area contributed by atoms with E-state index in [-0.39, 0.29) is 42.0 Å². The molecule has 0 spiro atoms. The summed E-state index contributed by atoms with van der Waals surface area (Å²) in [6, 6.07) is 9.61. The summed E-state index contributed by atoms with van der Waals surface area (Å²) in [5, 5.41) is 14.6. The number of nitro benzene ring substituents is 1. The van der Waals surface area contributed by atoms with Gasteiger partial charge in [0.2, 0.25) is 11.7 Å². The van der Waals surface area contributed by atoms with Crippen LogP contribution >= 0.6 is 0 Å². The monoisotopic (exact) mass is 462 g/mol. The summed E-state index contributed by atoms with van der Waals surface area (Å²) in [6.45, 7) is 3.96. The first kappa shape index (κ1) is 23.9. The number of hydrogen-bond acceptors (Lipinski definition) is 6. The average molecular weight is 462 g/mol. The molecule has 3 rings (SSSR count). The van der Waals surface area contributed by atoms with Crippen molar-refractivity contribution in [3.63, 3.8) is 0 Å². The molecule has 3 aromatic rings. The summed E-state index contributed by atoms with van der Waals surface area (Å²) in [5.41, 5.74) is -0.192. The van der Waals surface area contributed by atoms with E-state index < -0.39 is 22.6 Å². The first-order chi connectivity index (χ1) is 15.6. The van der Waals surface area contributed by atoms with Crippen molar-refractivity contribution in [2.75, 3.05) is 6.54 Å². The predicted octanol–water partition coefficient (Wildman–Crippen LogP) is 5.15. The van der Waals surface area contributed by atoms with Crippen molar-refractivity contribution < 1.29 is 27.4 Å². The Hall–Kier alpha value is -3.76. The predicted molar refractivity (Wildman–Crippen MR) is 112 cm³/mol. The van der Waals surface area contributed by atoms with Crippen molar-refractivity contribution in [1.82, 2.24) is 15.0 Å². The van der Waals surface area contributed by atoms with Crippen LogP contribution in [0.1, 0.15) is 42.1 Å². The number of carbonyl (C=O) groups is 1. The molecule has 11 heteroatoms. The van der Waals surface area contributed by atoms with E-state index in [0.29, 0.717) is 12.0 Å². The molecule has 33 heavy (non-hydrogen) atoms. The van der Waals surface area contributed by atoms with Gasteiger partial charge in [-0.25, -0.2) is 0 Å². The molecule has 0 saturated heterocycles. The van der Waals surface area contributed by atoms with Gasteiger partial charge in [-0.2, -0.15) is 18.2 Å². The van der Waals surface area contributed by atoms with Gasteiger partial charge in [0, 0.05) is 42.3 Å². The Labute approximate surface area is 187 Å². The molecule has 0 saturated carbocycles. The summed E-state index contributed by atoms with van der Waals surface area (Å²) in [4.78, 5) is 29.1. The minimum Gasteiger partial charge on any atom is -0.339 e. The van der Waals surface area contributed by atoms with Crippen molar-refractivity contribution in [3.8, 4) is 11.4 Å². The van der Waals surface area contributed by atoms with Gasteiger partial charge in [0.1, 0.15) is 0 Å². The first-order valence-electron chi connectivity index (χ1n) is 10.2. The fourth-order valence-corrected chi connectivity index (χ4v) is 3.13. The third-order valence-electron chi connectivity index (χ3n) is 5.21. The maximum Gasteiger partial charge on any atom is 0.416 e. The second kappa shape index (κ2) is 9.80. The zero-order chi connectivity index (χ0) is 24.2. The van der Waals surface area contributed by atoms with Crippen molar-refractivity contribution >= 4 is 11.6 Å². The number of carbonyl (C=O) groups excluding carboxylic acids is 1. The normalized spacial score (nSPS) is 12.4. The van der Waals surface area contributed by atoms with Crippen LogP contribution < -0.4 is 0 Å². The van der Waals surface area contributed by atoms with Crippen molar-refractivity contribution in [3.05, 3.63) is 75.7 Å². The number of alkyl halides is 3. The molecule has 8 nitrogen and oxygen atoms in total. The smallest absolute Gasteiger partial charge is 0.339 e. The van der Waals surface area contributed by atoms with Crippen LogP contribution in [0.15, 0.2) is 53.1 Å². The molecule has 2 aromatic carbocycles. The average Bonchev–Trinajstić information content (AvgIpc) is 3.27. The lowest BCUT2D eigenvalue weighted by Crippen LogP contribution is -2.39. The summed E-state index contributed by atoms with van der Waals surface area (Å²) in [5.74, 6) is 0.120. The zero-order valence-electron chi connectivity index (χ0n) is 17.9. The molecule has 1 heterocycles. The van der Waals surface area contributed by atoms with Gasteiger partial charge < -0.3 is 9.42 Å². The molecular formula is C22H21F3N4O4.